The van der Waals surface area contributed by atoms with E-state index < -0.39 is 41.6 Å². The Kier molecular flexibility index (Phi) is 6.88. The molecule has 0 aromatic heterocycles. The summed E-state index contributed by atoms with van der Waals surface area (Å²) in [5, 5.41) is 25.6. The van der Waals surface area contributed by atoms with Gasteiger partial charge in [-0.15, -0.1) is 0 Å². The van der Waals surface area contributed by atoms with E-state index in [9.17, 15) is 24.6 Å². The van der Waals surface area contributed by atoms with Crippen molar-refractivity contribution in [2.45, 2.75) is 64.4 Å². The second-order valence-corrected chi connectivity index (χ2v) is 10.5. The van der Waals surface area contributed by atoms with Crippen LogP contribution in [0, 0.1) is 23.7 Å². The van der Waals surface area contributed by atoms with Crippen LogP contribution in [0.5, 0.6) is 5.75 Å². The first-order chi connectivity index (χ1) is 16.5. The van der Waals surface area contributed by atoms with Crippen LogP contribution in [-0.4, -0.2) is 63.6 Å². The van der Waals surface area contributed by atoms with Gasteiger partial charge in [0.15, 0.2) is 0 Å². The minimum Gasteiger partial charge on any atom is -0.497 e. The zero-order valence-corrected chi connectivity index (χ0v) is 20.4. The van der Waals surface area contributed by atoms with Gasteiger partial charge in [-0.25, -0.2) is 10.2 Å². The largest absolute Gasteiger partial charge is 0.497 e. The number of aliphatic hydroxyl groups is 2. The molecule has 2 saturated carbocycles. The van der Waals surface area contributed by atoms with E-state index in [-0.39, 0.29) is 30.8 Å². The van der Waals surface area contributed by atoms with Gasteiger partial charge in [-0.05, 0) is 51.3 Å². The van der Waals surface area contributed by atoms with E-state index in [1.807, 2.05) is 0 Å². The Morgan fingerprint density at radius 3 is 2.40 bits per heavy atom. The van der Waals surface area contributed by atoms with E-state index in [2.05, 4.69) is 10.5 Å². The summed E-state index contributed by atoms with van der Waals surface area (Å²) in [7, 11) is 1.57. The predicted octanol–water partition coefficient (Wildman–Crippen LogP) is 1.83. The van der Waals surface area contributed by atoms with Gasteiger partial charge in [-0.2, -0.15) is 5.10 Å². The first-order valence-corrected chi connectivity index (χ1v) is 11.9. The van der Waals surface area contributed by atoms with Crippen molar-refractivity contribution in [3.63, 3.8) is 0 Å². The summed E-state index contributed by atoms with van der Waals surface area (Å²) in [6, 6.07) is 7.08. The van der Waals surface area contributed by atoms with Gasteiger partial charge in [-0.1, -0.05) is 12.1 Å². The van der Waals surface area contributed by atoms with Crippen molar-refractivity contribution in [3.05, 3.63) is 29.8 Å². The standard InChI is InChI=1S/C25H33N3O7/c1-25(2,3)28-22(31)16-10-9-15-17(11-18(29)21(30)19(15)20(16)23(28)32)26-27-24(33)35-12-13-5-7-14(34-4)8-6-13/h5-8,15-16,18-21,29-30H,9-12H2,1-4H3,(H,27,33)/t15-,16-,18-,19+,20-,21-/m1/s1. The van der Waals surface area contributed by atoms with Crippen LogP contribution in [0.2, 0.25) is 0 Å². The van der Waals surface area contributed by atoms with Crippen molar-refractivity contribution in [2.24, 2.45) is 28.8 Å². The van der Waals surface area contributed by atoms with E-state index in [4.69, 9.17) is 9.47 Å². The van der Waals surface area contributed by atoms with Crippen LogP contribution in [0.1, 0.15) is 45.6 Å². The third-order valence-corrected chi connectivity index (χ3v) is 7.27. The summed E-state index contributed by atoms with van der Waals surface area (Å²) >= 11 is 0. The molecule has 35 heavy (non-hydrogen) atoms. The number of aliphatic hydroxyl groups excluding tert-OH is 2. The number of likely N-dealkylation sites (tertiary alicyclic amines) is 1. The molecule has 0 bridgehead atoms. The third kappa shape index (κ3) is 4.77. The highest BCUT2D eigenvalue weighted by molar-refractivity contribution is 6.06. The summed E-state index contributed by atoms with van der Waals surface area (Å²) in [5.74, 6) is -2.09. The molecule has 190 valence electrons. The number of fused-ring (bicyclic) bond motifs is 3. The zero-order valence-electron chi connectivity index (χ0n) is 20.4. The number of hydrazone groups is 1. The second-order valence-electron chi connectivity index (χ2n) is 10.5. The molecule has 1 aromatic rings. The van der Waals surface area contributed by atoms with Gasteiger partial charge in [0.25, 0.3) is 0 Å². The molecule has 6 atom stereocenters. The minimum atomic E-state index is -1.16. The molecule has 0 radical (unpaired) electrons. The fraction of sp³-hybridized carbons (Fsp3) is 0.600. The van der Waals surface area contributed by atoms with Crippen LogP contribution < -0.4 is 10.2 Å². The molecular formula is C25H33N3O7. The van der Waals surface area contributed by atoms with Gasteiger partial charge in [0.05, 0.1) is 31.2 Å². The lowest BCUT2D eigenvalue weighted by atomic mass is 9.60. The Hall–Kier alpha value is -2.98. The number of ether oxygens (including phenoxy) is 2. The molecule has 1 aliphatic heterocycles. The topological polar surface area (TPSA) is 138 Å². The molecule has 10 heteroatoms. The number of nitrogens with one attached hydrogen (secondary N) is 1. The summed E-state index contributed by atoms with van der Waals surface area (Å²) in [6.45, 7) is 5.45. The van der Waals surface area contributed by atoms with Crippen molar-refractivity contribution in [1.29, 1.82) is 0 Å². The van der Waals surface area contributed by atoms with Crippen LogP contribution in [0.15, 0.2) is 29.4 Å². The fourth-order valence-corrected chi connectivity index (χ4v) is 5.68. The van der Waals surface area contributed by atoms with Crippen LogP contribution >= 0.6 is 0 Å². The normalized spacial score (nSPS) is 31.7. The van der Waals surface area contributed by atoms with Gasteiger partial charge >= 0.3 is 6.09 Å². The number of methoxy groups -OCH3 is 1. The molecule has 2 aliphatic carbocycles. The van der Waals surface area contributed by atoms with E-state index in [1.165, 1.54) is 4.90 Å². The highest BCUT2D eigenvalue weighted by Crippen LogP contribution is 2.50. The number of imide groups is 1. The Morgan fingerprint density at radius 2 is 1.77 bits per heavy atom. The maximum Gasteiger partial charge on any atom is 0.428 e. The van der Waals surface area contributed by atoms with Crippen LogP contribution in [-0.2, 0) is 20.9 Å². The Morgan fingerprint density at radius 1 is 1.11 bits per heavy atom. The fourth-order valence-electron chi connectivity index (χ4n) is 5.68. The van der Waals surface area contributed by atoms with Crippen molar-refractivity contribution in [3.8, 4) is 5.75 Å². The number of hydrogen-bond donors (Lipinski definition) is 3. The van der Waals surface area contributed by atoms with Crippen molar-refractivity contribution < 1.29 is 34.1 Å². The number of rotatable bonds is 4. The molecule has 1 saturated heterocycles. The first kappa shape index (κ1) is 25.1. The monoisotopic (exact) mass is 487 g/mol. The lowest BCUT2D eigenvalue weighted by molar-refractivity contribution is -0.146. The highest BCUT2D eigenvalue weighted by atomic mass is 16.6. The zero-order chi connectivity index (χ0) is 25.5. The molecule has 3 fully saturated rings. The molecule has 3 amide bonds. The van der Waals surface area contributed by atoms with Gasteiger partial charge < -0.3 is 19.7 Å². The quantitative estimate of drug-likeness (QED) is 0.435. The summed E-state index contributed by atoms with van der Waals surface area (Å²) in [5.41, 5.74) is 2.96. The number of carbonyl (C=O) groups is 3. The summed E-state index contributed by atoms with van der Waals surface area (Å²) in [4.78, 5) is 39.9. The lowest BCUT2D eigenvalue weighted by Crippen LogP contribution is -2.55. The lowest BCUT2D eigenvalue weighted by Gasteiger charge is -2.45. The molecule has 3 aliphatic rings. The number of benzene rings is 1. The average molecular weight is 488 g/mol. The van der Waals surface area contributed by atoms with E-state index in [1.54, 1.807) is 52.1 Å². The average Bonchev–Trinajstić information content (AvgIpc) is 3.09. The number of hydrogen-bond acceptors (Lipinski definition) is 8. The Balaban J connectivity index is 1.47. The van der Waals surface area contributed by atoms with Gasteiger partial charge in [0.1, 0.15) is 12.4 Å². The third-order valence-electron chi connectivity index (χ3n) is 7.27. The van der Waals surface area contributed by atoms with Gasteiger partial charge in [-0.3, -0.25) is 14.5 Å². The molecule has 3 N–H and O–H groups in total. The molecule has 10 nitrogen and oxygen atoms in total. The van der Waals surface area contributed by atoms with E-state index in [0.29, 0.717) is 24.3 Å². The maximum absolute atomic E-state index is 13.3. The first-order valence-electron chi connectivity index (χ1n) is 11.9. The predicted molar refractivity (Wildman–Crippen MR) is 125 cm³/mol. The number of carbonyl (C=O) groups excluding carboxylic acids is 3. The summed E-state index contributed by atoms with van der Waals surface area (Å²) in [6.07, 6.45) is -2.02. The van der Waals surface area contributed by atoms with Crippen LogP contribution in [0.3, 0.4) is 0 Å². The van der Waals surface area contributed by atoms with E-state index >= 15 is 0 Å². The van der Waals surface area contributed by atoms with E-state index in [0.717, 1.165) is 5.56 Å². The van der Waals surface area contributed by atoms with Crippen LogP contribution in [0.25, 0.3) is 0 Å². The smallest absolute Gasteiger partial charge is 0.428 e. The Labute approximate surface area is 204 Å². The highest BCUT2D eigenvalue weighted by Gasteiger charge is 2.61. The second kappa shape index (κ2) is 9.58. The maximum atomic E-state index is 13.3. The number of nitrogens with zero attached hydrogens (tertiary/aromatic N) is 2. The summed E-state index contributed by atoms with van der Waals surface area (Å²) < 4.78 is 10.3. The number of amides is 3. The molecule has 4 rings (SSSR count). The van der Waals surface area contributed by atoms with Crippen LogP contribution in [0.4, 0.5) is 4.79 Å². The van der Waals surface area contributed by atoms with Crippen molar-refractivity contribution in [2.75, 3.05) is 7.11 Å². The van der Waals surface area contributed by atoms with Gasteiger partial charge in [0.2, 0.25) is 11.8 Å². The van der Waals surface area contributed by atoms with Crippen molar-refractivity contribution >= 4 is 23.6 Å². The molecule has 0 unspecified atom stereocenters. The molecule has 1 aromatic carbocycles. The molecule has 1 heterocycles. The Bertz CT molecular complexity index is 1020. The minimum absolute atomic E-state index is 0.0388. The SMILES string of the molecule is COc1ccc(COC(=O)NN=C2C[C@@H](O)[C@@H](O)[C@@H]3[C@@H]4C(=O)N(C(C)(C)C)C(=O)[C@@H]4CC[C@H]23)cc1. The van der Waals surface area contributed by atoms with Gasteiger partial charge in [0, 0.05) is 29.5 Å². The van der Waals surface area contributed by atoms with Crippen molar-refractivity contribution in [1.82, 2.24) is 10.3 Å². The molecular weight excluding hydrogens is 454 g/mol. The molecule has 0 spiro atoms.